The third-order valence-corrected chi connectivity index (χ3v) is 5.94. The first-order valence-corrected chi connectivity index (χ1v) is 11.4. The summed E-state index contributed by atoms with van der Waals surface area (Å²) >= 11 is 6.17. The zero-order valence-electron chi connectivity index (χ0n) is 19.0. The van der Waals surface area contributed by atoms with Gasteiger partial charge in [0.2, 0.25) is 5.91 Å². The average Bonchev–Trinajstić information content (AvgIpc) is 3.53. The van der Waals surface area contributed by atoms with Crippen LogP contribution in [0.3, 0.4) is 0 Å². The van der Waals surface area contributed by atoms with Crippen molar-refractivity contribution in [2.24, 2.45) is 0 Å². The zero-order valence-corrected chi connectivity index (χ0v) is 19.7. The second kappa shape index (κ2) is 9.85. The summed E-state index contributed by atoms with van der Waals surface area (Å²) in [5.74, 6) is -1.45. The molecule has 4 N–H and O–H groups in total. The van der Waals surface area contributed by atoms with E-state index < -0.39 is 11.7 Å². The number of fused-ring (bicyclic) bond motifs is 1. The van der Waals surface area contributed by atoms with Crippen LogP contribution in [0.15, 0.2) is 76.0 Å². The third-order valence-electron chi connectivity index (χ3n) is 5.58. The summed E-state index contributed by atoms with van der Waals surface area (Å²) in [6.07, 6.45) is 0.0930. The van der Waals surface area contributed by atoms with Crippen LogP contribution >= 0.6 is 11.6 Å². The van der Waals surface area contributed by atoms with Gasteiger partial charge in [-0.25, -0.2) is 4.79 Å². The fourth-order valence-electron chi connectivity index (χ4n) is 3.85. The van der Waals surface area contributed by atoms with E-state index in [-0.39, 0.29) is 23.8 Å². The summed E-state index contributed by atoms with van der Waals surface area (Å²) in [7, 11) is 0. The van der Waals surface area contributed by atoms with E-state index >= 15 is 0 Å². The number of aromatic amines is 2. The highest BCUT2D eigenvalue weighted by Crippen LogP contribution is 2.28. The Hall–Kier alpha value is -5.14. The summed E-state index contributed by atoms with van der Waals surface area (Å²) < 4.78 is 4.56. The molecule has 182 valence electrons. The second-order valence-electron chi connectivity index (χ2n) is 8.04. The van der Waals surface area contributed by atoms with Gasteiger partial charge in [-0.2, -0.15) is 5.26 Å². The number of nitrogens with zero attached hydrogens (tertiary/aromatic N) is 2. The van der Waals surface area contributed by atoms with Gasteiger partial charge in [-0.15, -0.1) is 0 Å². The minimum atomic E-state index is -0.769. The first-order chi connectivity index (χ1) is 17.9. The summed E-state index contributed by atoms with van der Waals surface area (Å²) in [6, 6.07) is 20.6. The van der Waals surface area contributed by atoms with Gasteiger partial charge >= 0.3 is 5.76 Å². The number of hydrogen-bond acceptors (Lipinski definition) is 6. The number of rotatable bonds is 6. The minimum absolute atomic E-state index is 0.0672. The van der Waals surface area contributed by atoms with Crippen molar-refractivity contribution < 1.29 is 14.1 Å². The number of nitriles is 1. The highest BCUT2D eigenvalue weighted by molar-refractivity contribution is 6.31. The van der Waals surface area contributed by atoms with E-state index in [0.717, 1.165) is 0 Å². The molecule has 0 unspecified atom stereocenters. The SMILES string of the molecule is N#Cc1ccc(NC(=O)c2cc3cccc(NC(=O)Cc4ccccc4Cl)c3[nH]2)c(-c2noc(=O)[nH]2)c1. The summed E-state index contributed by atoms with van der Waals surface area (Å²) in [6.45, 7) is 0. The number of carbonyl (C=O) groups excluding carboxylic acids is 2. The molecular weight excluding hydrogens is 496 g/mol. The predicted octanol–water partition coefficient (Wildman–Crippen LogP) is 4.47. The Morgan fingerprint density at radius 3 is 2.59 bits per heavy atom. The molecule has 0 saturated carbocycles. The Bertz CT molecular complexity index is 1760. The number of aromatic nitrogens is 3. The van der Waals surface area contributed by atoms with Crippen molar-refractivity contribution in [3.8, 4) is 17.5 Å². The molecule has 0 fully saturated rings. The molecule has 0 bridgehead atoms. The lowest BCUT2D eigenvalue weighted by Gasteiger charge is -2.09. The first-order valence-electron chi connectivity index (χ1n) is 11.0. The molecule has 3 aromatic carbocycles. The number of para-hydroxylation sites is 1. The van der Waals surface area contributed by atoms with Gasteiger partial charge in [0, 0.05) is 16.0 Å². The first kappa shape index (κ1) is 23.6. The molecule has 2 heterocycles. The molecule has 5 aromatic rings. The zero-order chi connectivity index (χ0) is 25.9. The third kappa shape index (κ3) is 4.98. The molecule has 0 atom stereocenters. The summed E-state index contributed by atoms with van der Waals surface area (Å²) in [5, 5.41) is 19.7. The van der Waals surface area contributed by atoms with Crippen LogP contribution in [-0.2, 0) is 11.2 Å². The van der Waals surface area contributed by atoms with Gasteiger partial charge < -0.3 is 15.6 Å². The highest BCUT2D eigenvalue weighted by Gasteiger charge is 2.17. The molecule has 11 heteroatoms. The molecule has 2 aromatic heterocycles. The van der Waals surface area contributed by atoms with Crippen LogP contribution in [0.1, 0.15) is 21.6 Å². The van der Waals surface area contributed by atoms with E-state index in [4.69, 9.17) is 11.6 Å². The Morgan fingerprint density at radius 1 is 1.00 bits per heavy atom. The van der Waals surface area contributed by atoms with Gasteiger partial charge in [-0.3, -0.25) is 19.1 Å². The minimum Gasteiger partial charge on any atom is -0.349 e. The molecule has 0 aliphatic carbocycles. The number of hydrogen-bond donors (Lipinski definition) is 4. The average molecular weight is 513 g/mol. The van der Waals surface area contributed by atoms with E-state index in [1.807, 2.05) is 12.1 Å². The Kier molecular flexibility index (Phi) is 6.28. The lowest BCUT2D eigenvalue weighted by molar-refractivity contribution is -0.115. The quantitative estimate of drug-likeness (QED) is 0.263. The van der Waals surface area contributed by atoms with Crippen LogP contribution in [0, 0.1) is 11.3 Å². The van der Waals surface area contributed by atoms with Crippen molar-refractivity contribution in [1.82, 2.24) is 15.1 Å². The number of benzene rings is 3. The molecule has 0 spiro atoms. The number of H-pyrrole nitrogens is 2. The van der Waals surface area contributed by atoms with Crippen molar-refractivity contribution in [3.63, 3.8) is 0 Å². The molecule has 37 heavy (non-hydrogen) atoms. The smallest absolute Gasteiger partial charge is 0.349 e. The second-order valence-corrected chi connectivity index (χ2v) is 8.45. The standard InChI is InChI=1S/C26H17ClN6O4/c27-18-6-2-1-4-15(18)12-22(34)29-20-7-3-5-16-11-21(30-23(16)20)25(35)31-19-9-8-14(13-28)10-17(19)24-32-26(36)37-33-24/h1-11,30H,12H2,(H,29,34)(H,31,35)(H,32,33,36). The number of anilines is 2. The predicted molar refractivity (Wildman–Crippen MR) is 137 cm³/mol. The lowest BCUT2D eigenvalue weighted by atomic mass is 10.1. The number of amides is 2. The molecule has 5 rings (SSSR count). The molecule has 0 aliphatic rings. The van der Waals surface area contributed by atoms with Gasteiger partial charge in [0.1, 0.15) is 5.69 Å². The molecule has 0 saturated heterocycles. The Morgan fingerprint density at radius 2 is 1.84 bits per heavy atom. The maximum Gasteiger partial charge on any atom is 0.439 e. The fourth-order valence-corrected chi connectivity index (χ4v) is 4.05. The van der Waals surface area contributed by atoms with Gasteiger partial charge in [0.25, 0.3) is 5.91 Å². The van der Waals surface area contributed by atoms with Crippen LogP contribution in [0.5, 0.6) is 0 Å². The monoisotopic (exact) mass is 512 g/mol. The fraction of sp³-hybridized carbons (Fsp3) is 0.0385. The van der Waals surface area contributed by atoms with Crippen LogP contribution in [0.4, 0.5) is 11.4 Å². The van der Waals surface area contributed by atoms with Crippen molar-refractivity contribution in [2.75, 3.05) is 10.6 Å². The van der Waals surface area contributed by atoms with Crippen molar-refractivity contribution in [3.05, 3.63) is 99.1 Å². The van der Waals surface area contributed by atoms with Crippen LogP contribution < -0.4 is 16.4 Å². The van der Waals surface area contributed by atoms with E-state index in [1.54, 1.807) is 42.5 Å². The molecule has 2 amide bonds. The van der Waals surface area contributed by atoms with E-state index in [2.05, 4.69) is 30.3 Å². The van der Waals surface area contributed by atoms with Crippen LogP contribution in [0.2, 0.25) is 5.02 Å². The molecule has 0 radical (unpaired) electrons. The van der Waals surface area contributed by atoms with Crippen LogP contribution in [0.25, 0.3) is 22.3 Å². The van der Waals surface area contributed by atoms with Crippen molar-refractivity contribution in [1.29, 1.82) is 5.26 Å². The Balaban J connectivity index is 1.40. The van der Waals surface area contributed by atoms with Gasteiger partial charge in [0.05, 0.1) is 34.9 Å². The normalized spacial score (nSPS) is 10.7. The lowest BCUT2D eigenvalue weighted by Crippen LogP contribution is -2.15. The number of carbonyl (C=O) groups is 2. The van der Waals surface area contributed by atoms with E-state index in [0.29, 0.717) is 44.0 Å². The number of halogens is 1. The molecular formula is C26H17ClN6O4. The van der Waals surface area contributed by atoms with Crippen molar-refractivity contribution in [2.45, 2.75) is 6.42 Å². The van der Waals surface area contributed by atoms with Gasteiger partial charge in [-0.05, 0) is 42.0 Å². The van der Waals surface area contributed by atoms with E-state index in [9.17, 15) is 19.6 Å². The topological polar surface area (TPSA) is 157 Å². The summed E-state index contributed by atoms with van der Waals surface area (Å²) in [5.41, 5.74) is 2.93. The summed E-state index contributed by atoms with van der Waals surface area (Å²) in [4.78, 5) is 42.7. The molecule has 10 nitrogen and oxygen atoms in total. The van der Waals surface area contributed by atoms with E-state index in [1.165, 1.54) is 18.2 Å². The highest BCUT2D eigenvalue weighted by atomic mass is 35.5. The van der Waals surface area contributed by atoms with Crippen molar-refractivity contribution >= 4 is 45.7 Å². The largest absolute Gasteiger partial charge is 0.439 e. The molecule has 0 aliphatic heterocycles. The number of nitrogens with one attached hydrogen (secondary N) is 4. The van der Waals surface area contributed by atoms with Gasteiger partial charge in [-0.1, -0.05) is 47.1 Å². The van der Waals surface area contributed by atoms with Gasteiger partial charge in [0.15, 0.2) is 5.82 Å². The maximum absolute atomic E-state index is 13.1. The van der Waals surface area contributed by atoms with Crippen LogP contribution in [-0.4, -0.2) is 26.9 Å². The Labute approximate surface area is 213 Å². The maximum atomic E-state index is 13.1.